The molecule has 0 bridgehead atoms. The first-order valence-corrected chi connectivity index (χ1v) is 25.8. The van der Waals surface area contributed by atoms with Gasteiger partial charge < -0.3 is 9.32 Å². The number of anilines is 3. The van der Waals surface area contributed by atoms with E-state index < -0.39 is 10.8 Å². The van der Waals surface area contributed by atoms with Crippen LogP contribution in [0.15, 0.2) is 265 Å². The van der Waals surface area contributed by atoms with Crippen LogP contribution in [0.5, 0.6) is 0 Å². The summed E-state index contributed by atoms with van der Waals surface area (Å²) in [6, 6.07) is 98.0. The minimum atomic E-state index is -0.510. The lowest BCUT2D eigenvalue weighted by Crippen LogP contribution is -2.26. The second kappa shape index (κ2) is 14.6. The Kier molecular flexibility index (Phi) is 7.90. The van der Waals surface area contributed by atoms with Crippen LogP contribution in [0.2, 0.25) is 0 Å². The van der Waals surface area contributed by atoms with Crippen molar-refractivity contribution in [3.05, 3.63) is 305 Å². The summed E-state index contributed by atoms with van der Waals surface area (Å²) >= 11 is 0. The van der Waals surface area contributed by atoms with Gasteiger partial charge in [0.15, 0.2) is 0 Å². The second-order valence-corrected chi connectivity index (χ2v) is 20.6. The van der Waals surface area contributed by atoms with Crippen LogP contribution in [-0.4, -0.2) is 0 Å². The first-order valence-electron chi connectivity index (χ1n) is 25.8. The van der Waals surface area contributed by atoms with Crippen LogP contribution in [0.3, 0.4) is 0 Å². The predicted octanol–water partition coefficient (Wildman–Crippen LogP) is 18.6. The van der Waals surface area contributed by atoms with Gasteiger partial charge in [-0.25, -0.2) is 0 Å². The van der Waals surface area contributed by atoms with E-state index in [9.17, 15) is 0 Å². The Morgan fingerprint density at radius 1 is 0.270 bits per heavy atom. The summed E-state index contributed by atoms with van der Waals surface area (Å²) in [5.74, 6) is 0. The highest BCUT2D eigenvalue weighted by Gasteiger charge is 2.54. The molecule has 342 valence electrons. The lowest BCUT2D eigenvalue weighted by Gasteiger charge is -2.34. The van der Waals surface area contributed by atoms with Crippen molar-refractivity contribution in [3.63, 3.8) is 0 Å². The number of hydrogen-bond donors (Lipinski definition) is 0. The zero-order valence-electron chi connectivity index (χ0n) is 40.2. The van der Waals surface area contributed by atoms with E-state index in [-0.39, 0.29) is 0 Å². The molecule has 1 aromatic heterocycles. The molecular weight excluding hydrogens is 895 g/mol. The largest absolute Gasteiger partial charge is 0.456 e. The summed E-state index contributed by atoms with van der Waals surface area (Å²) in [4.78, 5) is 2.59. The number of nitrogens with zero attached hydrogens (tertiary/aromatic N) is 1. The third-order valence-corrected chi connectivity index (χ3v) is 17.3. The average Bonchev–Trinajstić information content (AvgIpc) is 4.29. The van der Waals surface area contributed by atoms with Gasteiger partial charge >= 0.3 is 0 Å². The topological polar surface area (TPSA) is 16.4 Å². The molecule has 0 amide bonds. The lowest BCUT2D eigenvalue weighted by atomic mass is 9.70. The van der Waals surface area contributed by atoms with Crippen LogP contribution in [0.1, 0.15) is 44.5 Å². The van der Waals surface area contributed by atoms with Crippen LogP contribution in [0, 0.1) is 0 Å². The summed E-state index contributed by atoms with van der Waals surface area (Å²) < 4.78 is 6.60. The van der Waals surface area contributed by atoms with Gasteiger partial charge in [-0.1, -0.05) is 212 Å². The van der Waals surface area contributed by atoms with Crippen molar-refractivity contribution in [1.82, 2.24) is 0 Å². The molecule has 0 radical (unpaired) electrons. The first-order chi connectivity index (χ1) is 36.7. The number of furan rings is 1. The third kappa shape index (κ3) is 4.95. The van der Waals surface area contributed by atoms with Crippen LogP contribution in [0.25, 0.3) is 88.3 Å². The Morgan fingerprint density at radius 2 is 0.703 bits per heavy atom. The molecule has 0 atom stereocenters. The van der Waals surface area contributed by atoms with Crippen LogP contribution >= 0.6 is 0 Å². The van der Waals surface area contributed by atoms with E-state index in [2.05, 4.69) is 266 Å². The van der Waals surface area contributed by atoms with Gasteiger partial charge in [0.25, 0.3) is 0 Å². The van der Waals surface area contributed by atoms with Crippen molar-refractivity contribution in [2.24, 2.45) is 0 Å². The summed E-state index contributed by atoms with van der Waals surface area (Å²) in [6.45, 7) is 0. The Labute approximate surface area is 428 Å². The van der Waals surface area contributed by atoms with Crippen molar-refractivity contribution in [2.75, 3.05) is 4.90 Å². The molecular formula is C72H43NO. The van der Waals surface area contributed by atoms with Gasteiger partial charge in [0.2, 0.25) is 0 Å². The molecule has 12 aromatic carbocycles. The smallest absolute Gasteiger partial charge is 0.136 e. The van der Waals surface area contributed by atoms with Gasteiger partial charge in [-0.3, -0.25) is 0 Å². The predicted molar refractivity (Wildman–Crippen MR) is 304 cm³/mol. The fourth-order valence-corrected chi connectivity index (χ4v) is 14.5. The maximum absolute atomic E-state index is 6.60. The Bertz CT molecular complexity index is 4480. The molecule has 4 aliphatic rings. The standard InChI is InChI=1S/C72H43NO/c1-2-19-45-42-69-57(40-44(45)18-1)56-41-46(36-39-68(56)74-69)48-20-9-16-34-66(48)73(47-37-38-54-53-25-7-14-31-62(53)72(65(54)43-47)60-29-12-5-23-51(60)52-24-6-13-30-61(52)72)67-35-17-33-64-70(67)55-26-8-15-32-63(55)71(64)58-27-10-3-21-49(58)50-22-4-11-28-59(50)71/h1-43H. The number of hydrogen-bond acceptors (Lipinski definition) is 2. The molecule has 0 saturated carbocycles. The van der Waals surface area contributed by atoms with E-state index in [4.69, 9.17) is 4.42 Å². The molecule has 1 heterocycles. The van der Waals surface area contributed by atoms with E-state index >= 15 is 0 Å². The van der Waals surface area contributed by atoms with Crippen molar-refractivity contribution in [2.45, 2.75) is 10.8 Å². The number of fused-ring (bicyclic) bond motifs is 24. The maximum atomic E-state index is 6.60. The van der Waals surface area contributed by atoms with Crippen molar-refractivity contribution < 1.29 is 4.42 Å². The fraction of sp³-hybridized carbons (Fsp3) is 0.0278. The molecule has 4 aliphatic carbocycles. The van der Waals surface area contributed by atoms with E-state index in [0.717, 1.165) is 50.1 Å². The highest BCUT2D eigenvalue weighted by Crippen LogP contribution is 2.66. The summed E-state index contributed by atoms with van der Waals surface area (Å²) in [6.07, 6.45) is 0. The zero-order valence-corrected chi connectivity index (χ0v) is 40.2. The first kappa shape index (κ1) is 40.1. The van der Waals surface area contributed by atoms with E-state index in [1.54, 1.807) is 0 Å². The molecule has 17 rings (SSSR count). The number of para-hydroxylation sites is 1. The molecule has 0 fully saturated rings. The molecule has 0 N–H and O–H groups in total. The maximum Gasteiger partial charge on any atom is 0.136 e. The molecule has 0 aliphatic heterocycles. The number of benzene rings is 12. The molecule has 2 heteroatoms. The number of rotatable bonds is 4. The van der Waals surface area contributed by atoms with Crippen molar-refractivity contribution >= 4 is 49.8 Å². The molecule has 74 heavy (non-hydrogen) atoms. The average molecular weight is 938 g/mol. The Balaban J connectivity index is 0.965. The molecule has 0 saturated heterocycles. The van der Waals surface area contributed by atoms with Gasteiger partial charge in [-0.05, 0) is 148 Å². The normalized spacial score (nSPS) is 14.2. The van der Waals surface area contributed by atoms with Crippen molar-refractivity contribution in [1.29, 1.82) is 0 Å². The Morgan fingerprint density at radius 3 is 1.30 bits per heavy atom. The van der Waals surface area contributed by atoms with Gasteiger partial charge in [-0.2, -0.15) is 0 Å². The van der Waals surface area contributed by atoms with Gasteiger partial charge in [0.1, 0.15) is 11.2 Å². The third-order valence-electron chi connectivity index (χ3n) is 17.3. The van der Waals surface area contributed by atoms with Crippen LogP contribution in [-0.2, 0) is 10.8 Å². The molecule has 0 unspecified atom stereocenters. The minimum absolute atomic E-state index is 0.501. The quantitative estimate of drug-likeness (QED) is 0.175. The lowest BCUT2D eigenvalue weighted by molar-refractivity contribution is 0.669. The monoisotopic (exact) mass is 937 g/mol. The summed E-state index contributed by atoms with van der Waals surface area (Å²) in [5.41, 5.74) is 27.2. The second-order valence-electron chi connectivity index (χ2n) is 20.6. The van der Waals surface area contributed by atoms with Gasteiger partial charge in [-0.15, -0.1) is 0 Å². The van der Waals surface area contributed by atoms with E-state index in [0.29, 0.717) is 0 Å². The fourth-order valence-electron chi connectivity index (χ4n) is 14.5. The highest BCUT2D eigenvalue weighted by molar-refractivity contribution is 6.12. The summed E-state index contributed by atoms with van der Waals surface area (Å²) in [7, 11) is 0. The van der Waals surface area contributed by atoms with Gasteiger partial charge in [0.05, 0.1) is 22.2 Å². The van der Waals surface area contributed by atoms with E-state index in [1.807, 2.05) is 0 Å². The van der Waals surface area contributed by atoms with Crippen LogP contribution in [0.4, 0.5) is 17.1 Å². The van der Waals surface area contributed by atoms with Crippen molar-refractivity contribution in [3.8, 4) is 55.6 Å². The van der Waals surface area contributed by atoms with Gasteiger partial charge in [0, 0.05) is 27.6 Å². The minimum Gasteiger partial charge on any atom is -0.456 e. The van der Waals surface area contributed by atoms with E-state index in [1.165, 1.54) is 99.8 Å². The summed E-state index contributed by atoms with van der Waals surface area (Å²) in [5, 5.41) is 4.60. The molecule has 2 spiro atoms. The zero-order chi connectivity index (χ0) is 48.3. The highest BCUT2D eigenvalue weighted by atomic mass is 16.3. The molecule has 13 aromatic rings. The Hall–Kier alpha value is -9.50. The van der Waals surface area contributed by atoms with Crippen LogP contribution < -0.4 is 4.90 Å². The molecule has 2 nitrogen and oxygen atoms in total. The SMILES string of the molecule is c1ccc(N(c2ccc3c(c2)C2(c4ccccc4-c4ccccc42)c2ccccc2-3)c2cccc3c2-c2ccccc2C32c3ccccc3-c3ccccc32)c(-c2ccc3oc4cc5ccccc5cc4c3c2)c1.